The van der Waals surface area contributed by atoms with E-state index < -0.39 is 0 Å². The number of alkyl halides is 1. The molecule has 0 unspecified atom stereocenters. The summed E-state index contributed by atoms with van der Waals surface area (Å²) >= 11 is 3.26. The van der Waals surface area contributed by atoms with Gasteiger partial charge in [0.1, 0.15) is 5.75 Å². The number of halogens is 1. The Morgan fingerprint density at radius 3 is 2.65 bits per heavy atom. The maximum absolute atomic E-state index is 11.6. The van der Waals surface area contributed by atoms with Gasteiger partial charge in [-0.05, 0) is 30.7 Å². The molecule has 0 saturated heterocycles. The van der Waals surface area contributed by atoms with Crippen LogP contribution in [0.25, 0.3) is 0 Å². The van der Waals surface area contributed by atoms with Gasteiger partial charge in [0.15, 0.2) is 0 Å². The van der Waals surface area contributed by atoms with Gasteiger partial charge in [0, 0.05) is 24.0 Å². The highest BCUT2D eigenvalue weighted by Gasteiger charge is 2.03. The Bertz CT molecular complexity index is 340. The van der Waals surface area contributed by atoms with E-state index in [1.54, 1.807) is 12.1 Å². The monoisotopic (exact) mass is 301 g/mol. The molecule has 1 aromatic carbocycles. The number of phenols is 1. The van der Waals surface area contributed by atoms with Crippen molar-refractivity contribution < 1.29 is 14.6 Å². The number of hydrogen-bond donors (Lipinski definition) is 2. The van der Waals surface area contributed by atoms with Gasteiger partial charge in [-0.2, -0.15) is 0 Å². The standard InChI is InChI=1S/C12H16BrNO3/c13-6-9-17-8-1-7-14-12(16)10-2-4-11(15)5-3-10/h2-5,15H,1,6-9H2,(H,14,16). The van der Waals surface area contributed by atoms with Crippen molar-refractivity contribution in [3.8, 4) is 5.75 Å². The third-order valence-corrected chi connectivity index (χ3v) is 2.43. The van der Waals surface area contributed by atoms with Gasteiger partial charge in [0.05, 0.1) is 6.61 Å². The van der Waals surface area contributed by atoms with Crippen molar-refractivity contribution in [2.75, 3.05) is 25.1 Å². The minimum Gasteiger partial charge on any atom is -0.508 e. The van der Waals surface area contributed by atoms with Crippen LogP contribution >= 0.6 is 15.9 Å². The Balaban J connectivity index is 2.19. The van der Waals surface area contributed by atoms with Crippen molar-refractivity contribution in [2.45, 2.75) is 6.42 Å². The summed E-state index contributed by atoms with van der Waals surface area (Å²) in [5, 5.41) is 12.7. The predicted octanol–water partition coefficient (Wildman–Crippen LogP) is 1.92. The zero-order chi connectivity index (χ0) is 12.5. The lowest BCUT2D eigenvalue weighted by molar-refractivity contribution is 0.0944. The lowest BCUT2D eigenvalue weighted by Gasteiger charge is -2.05. The van der Waals surface area contributed by atoms with Crippen molar-refractivity contribution in [1.29, 1.82) is 0 Å². The van der Waals surface area contributed by atoms with Crippen LogP contribution in [0.2, 0.25) is 0 Å². The summed E-state index contributed by atoms with van der Waals surface area (Å²) < 4.78 is 5.25. The van der Waals surface area contributed by atoms with E-state index >= 15 is 0 Å². The number of amides is 1. The molecule has 0 atom stereocenters. The average Bonchev–Trinajstić information content (AvgIpc) is 2.34. The van der Waals surface area contributed by atoms with Crippen LogP contribution in [0.4, 0.5) is 0 Å². The molecule has 94 valence electrons. The molecule has 0 bridgehead atoms. The lowest BCUT2D eigenvalue weighted by Crippen LogP contribution is -2.25. The fourth-order valence-electron chi connectivity index (χ4n) is 1.25. The predicted molar refractivity (Wildman–Crippen MR) is 69.7 cm³/mol. The number of carbonyl (C=O) groups is 1. The van der Waals surface area contributed by atoms with E-state index in [4.69, 9.17) is 9.84 Å². The fraction of sp³-hybridized carbons (Fsp3) is 0.417. The fourth-order valence-corrected chi connectivity index (χ4v) is 1.48. The summed E-state index contributed by atoms with van der Waals surface area (Å²) in [6.07, 6.45) is 0.789. The molecule has 1 rings (SSSR count). The van der Waals surface area contributed by atoms with Crippen LogP contribution in [-0.2, 0) is 4.74 Å². The highest BCUT2D eigenvalue weighted by Crippen LogP contribution is 2.09. The molecule has 4 nitrogen and oxygen atoms in total. The molecule has 0 saturated carbocycles. The molecule has 0 spiro atoms. The second-order valence-corrected chi connectivity index (χ2v) is 4.25. The number of nitrogens with one attached hydrogen (secondary N) is 1. The van der Waals surface area contributed by atoms with Gasteiger partial charge in [0.2, 0.25) is 0 Å². The van der Waals surface area contributed by atoms with Crippen molar-refractivity contribution in [3.63, 3.8) is 0 Å². The highest BCUT2D eigenvalue weighted by molar-refractivity contribution is 9.09. The highest BCUT2D eigenvalue weighted by atomic mass is 79.9. The molecule has 0 aliphatic carbocycles. The van der Waals surface area contributed by atoms with Gasteiger partial charge in [-0.15, -0.1) is 0 Å². The van der Waals surface area contributed by atoms with Crippen LogP contribution in [-0.4, -0.2) is 36.1 Å². The smallest absolute Gasteiger partial charge is 0.251 e. The third-order valence-electron chi connectivity index (χ3n) is 2.10. The lowest BCUT2D eigenvalue weighted by atomic mass is 10.2. The average molecular weight is 302 g/mol. The molecule has 0 aliphatic rings. The summed E-state index contributed by atoms with van der Waals surface area (Å²) in [6, 6.07) is 6.17. The van der Waals surface area contributed by atoms with Crippen molar-refractivity contribution in [1.82, 2.24) is 5.32 Å². The molecular formula is C12H16BrNO3. The summed E-state index contributed by atoms with van der Waals surface area (Å²) in [5.74, 6) is 0.0233. The topological polar surface area (TPSA) is 58.6 Å². The van der Waals surface area contributed by atoms with Gasteiger partial charge in [-0.1, -0.05) is 15.9 Å². The molecule has 0 fully saturated rings. The quantitative estimate of drug-likeness (QED) is 0.597. The maximum Gasteiger partial charge on any atom is 0.251 e. The number of hydrogen-bond acceptors (Lipinski definition) is 3. The van der Waals surface area contributed by atoms with E-state index in [1.807, 2.05) is 0 Å². The summed E-state index contributed by atoms with van der Waals surface area (Å²) in [4.78, 5) is 11.6. The van der Waals surface area contributed by atoms with E-state index in [1.165, 1.54) is 12.1 Å². The van der Waals surface area contributed by atoms with Crippen molar-refractivity contribution in [3.05, 3.63) is 29.8 Å². The minimum absolute atomic E-state index is 0.134. The second kappa shape index (κ2) is 8.08. The van der Waals surface area contributed by atoms with Crippen molar-refractivity contribution in [2.24, 2.45) is 0 Å². The number of phenolic OH excluding ortho intramolecular Hbond substituents is 1. The molecule has 0 heterocycles. The van der Waals surface area contributed by atoms with E-state index in [9.17, 15) is 4.79 Å². The Morgan fingerprint density at radius 1 is 1.29 bits per heavy atom. The summed E-state index contributed by atoms with van der Waals surface area (Å²) in [5.41, 5.74) is 0.546. The summed E-state index contributed by atoms with van der Waals surface area (Å²) in [6.45, 7) is 1.91. The van der Waals surface area contributed by atoms with Crippen LogP contribution in [0.1, 0.15) is 16.8 Å². The van der Waals surface area contributed by atoms with Crippen LogP contribution < -0.4 is 5.32 Å². The van der Waals surface area contributed by atoms with Gasteiger partial charge < -0.3 is 15.2 Å². The first kappa shape index (κ1) is 14.0. The first-order valence-corrected chi connectivity index (χ1v) is 6.57. The van der Waals surface area contributed by atoms with Gasteiger partial charge in [0.25, 0.3) is 5.91 Å². The SMILES string of the molecule is O=C(NCCCOCCBr)c1ccc(O)cc1. The number of rotatable bonds is 7. The van der Waals surface area contributed by atoms with Crippen LogP contribution in [0.5, 0.6) is 5.75 Å². The van der Waals surface area contributed by atoms with Crippen LogP contribution in [0.3, 0.4) is 0 Å². The molecule has 0 aliphatic heterocycles. The minimum atomic E-state index is -0.134. The Morgan fingerprint density at radius 2 is 2.00 bits per heavy atom. The Hall–Kier alpha value is -1.07. The van der Waals surface area contributed by atoms with E-state index in [-0.39, 0.29) is 11.7 Å². The molecule has 0 radical (unpaired) electrons. The van der Waals surface area contributed by atoms with E-state index in [0.29, 0.717) is 25.3 Å². The number of ether oxygens (including phenoxy) is 1. The number of carbonyl (C=O) groups excluding carboxylic acids is 1. The molecule has 17 heavy (non-hydrogen) atoms. The normalized spacial score (nSPS) is 10.2. The van der Waals surface area contributed by atoms with E-state index in [2.05, 4.69) is 21.2 Å². The second-order valence-electron chi connectivity index (χ2n) is 3.46. The largest absolute Gasteiger partial charge is 0.508 e. The molecule has 0 aromatic heterocycles. The number of benzene rings is 1. The van der Waals surface area contributed by atoms with Crippen LogP contribution in [0.15, 0.2) is 24.3 Å². The summed E-state index contributed by atoms with van der Waals surface area (Å²) in [7, 11) is 0. The third kappa shape index (κ3) is 5.70. The molecule has 2 N–H and O–H groups in total. The van der Waals surface area contributed by atoms with Gasteiger partial charge >= 0.3 is 0 Å². The van der Waals surface area contributed by atoms with E-state index in [0.717, 1.165) is 11.8 Å². The first-order valence-electron chi connectivity index (χ1n) is 5.45. The zero-order valence-electron chi connectivity index (χ0n) is 9.49. The number of aromatic hydroxyl groups is 1. The molecule has 5 heteroatoms. The van der Waals surface area contributed by atoms with Gasteiger partial charge in [-0.25, -0.2) is 0 Å². The molecule has 1 amide bonds. The van der Waals surface area contributed by atoms with Crippen LogP contribution in [0, 0.1) is 0 Å². The Labute approximate surface area is 109 Å². The van der Waals surface area contributed by atoms with Crippen molar-refractivity contribution >= 4 is 21.8 Å². The molecular weight excluding hydrogens is 286 g/mol. The maximum atomic E-state index is 11.6. The molecule has 1 aromatic rings. The van der Waals surface area contributed by atoms with Gasteiger partial charge in [-0.3, -0.25) is 4.79 Å². The zero-order valence-corrected chi connectivity index (χ0v) is 11.1. The first-order chi connectivity index (χ1) is 8.24. The Kier molecular flexibility index (Phi) is 6.65.